The van der Waals surface area contributed by atoms with Crippen LogP contribution < -0.4 is 15.0 Å². The maximum absolute atomic E-state index is 12.9. The Hall–Kier alpha value is -4.29. The number of ether oxygens (including phenoxy) is 1. The summed E-state index contributed by atoms with van der Waals surface area (Å²) in [5, 5.41) is 3.20. The second-order valence-electron chi connectivity index (χ2n) is 9.96. The van der Waals surface area contributed by atoms with Gasteiger partial charge in [0, 0.05) is 17.4 Å². The molecule has 1 aliphatic heterocycles. The number of alkyl halides is 3. The van der Waals surface area contributed by atoms with E-state index >= 15 is 0 Å². The van der Waals surface area contributed by atoms with Crippen LogP contribution in [-0.4, -0.2) is 38.8 Å². The first-order chi connectivity index (χ1) is 20.4. The highest BCUT2D eigenvalue weighted by molar-refractivity contribution is 8.15. The van der Waals surface area contributed by atoms with Gasteiger partial charge >= 0.3 is 12.4 Å². The Morgan fingerprint density at radius 1 is 1.12 bits per heavy atom. The summed E-state index contributed by atoms with van der Waals surface area (Å²) in [7, 11) is 0. The summed E-state index contributed by atoms with van der Waals surface area (Å²) in [4.78, 5) is 35.7. The Balaban J connectivity index is 1.31. The number of anilines is 2. The van der Waals surface area contributed by atoms with Crippen molar-refractivity contribution in [3.05, 3.63) is 89.3 Å². The maximum Gasteiger partial charge on any atom is 0.573 e. The first kappa shape index (κ1) is 30.2. The number of aliphatic imine (C=N–C) groups is 1. The maximum atomic E-state index is 12.9. The summed E-state index contributed by atoms with van der Waals surface area (Å²) in [5.74, 6) is -0.152. The topological polar surface area (TPSA) is 88.8 Å². The predicted octanol–water partition coefficient (Wildman–Crippen LogP) is 8.19. The van der Waals surface area contributed by atoms with Crippen molar-refractivity contribution < 1.29 is 27.5 Å². The smallest absolute Gasteiger partial charge is 0.406 e. The Morgan fingerprint density at radius 3 is 2.53 bits per heavy atom. The minimum Gasteiger partial charge on any atom is -0.406 e. The minimum atomic E-state index is -4.77. The summed E-state index contributed by atoms with van der Waals surface area (Å²) in [6.07, 6.45) is -1.55. The predicted molar refractivity (Wildman–Crippen MR) is 162 cm³/mol. The Bertz CT molecular complexity index is 1720. The highest BCUT2D eigenvalue weighted by Crippen LogP contribution is 2.35. The van der Waals surface area contributed by atoms with E-state index in [-0.39, 0.29) is 33.5 Å². The molecule has 1 fully saturated rings. The van der Waals surface area contributed by atoms with E-state index in [4.69, 9.17) is 11.6 Å². The van der Waals surface area contributed by atoms with Crippen LogP contribution in [0, 0.1) is 6.92 Å². The fourth-order valence-electron chi connectivity index (χ4n) is 4.45. The third-order valence-corrected chi connectivity index (χ3v) is 7.71. The molecule has 13 heteroatoms. The highest BCUT2D eigenvalue weighted by Gasteiger charge is 2.33. The molecule has 0 saturated carbocycles. The molecule has 5 rings (SSSR count). The molecule has 0 bridgehead atoms. The SMILES string of the molecule is Cc1ccc(C(C)C)c(N2C(=O)CSC2=NC(=O)Nc2ccc(-n3cnc(-c4ccc(OC(F)(F)F)cc4)c3)cc2Cl)c1. The van der Waals surface area contributed by atoms with E-state index in [2.05, 4.69) is 20.0 Å². The number of aryl methyl sites for hydroxylation is 1. The molecule has 1 N–H and O–H groups in total. The van der Waals surface area contributed by atoms with Gasteiger partial charge < -0.3 is 14.6 Å². The number of hydrogen-bond acceptors (Lipinski definition) is 5. The molecule has 2 heterocycles. The van der Waals surface area contributed by atoms with Crippen LogP contribution in [0.15, 0.2) is 78.2 Å². The molecular formula is C30H25ClF3N5O3S. The zero-order chi connectivity index (χ0) is 30.9. The fourth-order valence-corrected chi connectivity index (χ4v) is 5.53. The number of aromatic nitrogens is 2. The molecule has 8 nitrogen and oxygen atoms in total. The second-order valence-corrected chi connectivity index (χ2v) is 11.3. The monoisotopic (exact) mass is 627 g/mol. The number of thioether (sulfide) groups is 1. The van der Waals surface area contributed by atoms with Crippen LogP contribution in [0.2, 0.25) is 5.02 Å². The first-order valence-corrected chi connectivity index (χ1v) is 14.4. The van der Waals surface area contributed by atoms with Crippen LogP contribution in [0.5, 0.6) is 5.75 Å². The number of carbonyl (C=O) groups excluding carboxylic acids is 2. The van der Waals surface area contributed by atoms with Gasteiger partial charge in [-0.1, -0.05) is 49.3 Å². The third kappa shape index (κ3) is 7.03. The lowest BCUT2D eigenvalue weighted by Gasteiger charge is -2.22. The van der Waals surface area contributed by atoms with Crippen molar-refractivity contribution in [2.45, 2.75) is 33.1 Å². The summed E-state index contributed by atoms with van der Waals surface area (Å²) in [6, 6.07) is 15.5. The van der Waals surface area contributed by atoms with Crippen molar-refractivity contribution in [3.8, 4) is 22.7 Å². The average Bonchev–Trinajstić information content (AvgIpc) is 3.56. The van der Waals surface area contributed by atoms with Crippen LogP contribution in [0.3, 0.4) is 0 Å². The Labute approximate surface area is 254 Å². The van der Waals surface area contributed by atoms with Crippen LogP contribution >= 0.6 is 23.4 Å². The van der Waals surface area contributed by atoms with Crippen molar-refractivity contribution in [2.75, 3.05) is 16.0 Å². The van der Waals surface area contributed by atoms with Crippen molar-refractivity contribution in [1.29, 1.82) is 0 Å². The number of hydrogen-bond donors (Lipinski definition) is 1. The average molecular weight is 628 g/mol. The molecule has 1 aliphatic rings. The second kappa shape index (κ2) is 12.1. The van der Waals surface area contributed by atoms with Crippen molar-refractivity contribution in [2.24, 2.45) is 4.99 Å². The number of nitrogens with zero attached hydrogens (tertiary/aromatic N) is 4. The number of halogens is 4. The number of nitrogens with one attached hydrogen (secondary N) is 1. The minimum absolute atomic E-state index is 0.156. The molecule has 3 amide bonds. The standard InChI is InChI=1S/C30H25ClF3N5O3S/c1-17(2)22-10-4-18(3)12-26(22)39-27(40)15-43-29(39)37-28(41)36-24-11-7-20(13-23(24)31)38-14-25(35-16-38)19-5-8-21(9-6-19)42-30(32,33)34/h4-14,16-17H,15H2,1-3H3,(H,36,41). The lowest BCUT2D eigenvalue weighted by molar-refractivity contribution is -0.274. The van der Waals surface area contributed by atoms with E-state index < -0.39 is 12.4 Å². The number of amides is 3. The summed E-state index contributed by atoms with van der Waals surface area (Å²) in [5.41, 5.74) is 4.73. The molecule has 3 aromatic carbocycles. The zero-order valence-corrected chi connectivity index (χ0v) is 24.7. The molecule has 1 saturated heterocycles. The van der Waals surface area contributed by atoms with Gasteiger partial charge in [-0.05, 0) is 72.5 Å². The van der Waals surface area contributed by atoms with E-state index in [0.717, 1.165) is 11.1 Å². The van der Waals surface area contributed by atoms with Gasteiger partial charge in [0.15, 0.2) is 5.17 Å². The number of benzene rings is 3. The molecule has 0 aliphatic carbocycles. The molecule has 0 spiro atoms. The quantitative estimate of drug-likeness (QED) is 0.233. The fraction of sp³-hybridized carbons (Fsp3) is 0.200. The van der Waals surface area contributed by atoms with Gasteiger partial charge in [-0.2, -0.15) is 4.99 Å². The molecule has 0 radical (unpaired) electrons. The molecule has 0 atom stereocenters. The van der Waals surface area contributed by atoms with Crippen molar-refractivity contribution >= 4 is 51.8 Å². The summed E-state index contributed by atoms with van der Waals surface area (Å²) < 4.78 is 42.9. The molecule has 0 unspecified atom stereocenters. The molecule has 222 valence electrons. The number of urea groups is 1. The Morgan fingerprint density at radius 2 is 1.86 bits per heavy atom. The normalized spacial score (nSPS) is 14.6. The van der Waals surface area contributed by atoms with E-state index in [1.807, 2.05) is 39.0 Å². The largest absolute Gasteiger partial charge is 0.573 e. The van der Waals surface area contributed by atoms with Gasteiger partial charge in [-0.15, -0.1) is 13.2 Å². The molecule has 43 heavy (non-hydrogen) atoms. The van der Waals surface area contributed by atoms with Gasteiger partial charge in [-0.25, -0.2) is 9.78 Å². The number of carbonyl (C=O) groups is 2. The van der Waals surface area contributed by atoms with Crippen LogP contribution in [0.4, 0.5) is 29.3 Å². The lowest BCUT2D eigenvalue weighted by atomic mass is 9.99. The zero-order valence-electron chi connectivity index (χ0n) is 23.1. The summed E-state index contributed by atoms with van der Waals surface area (Å²) >= 11 is 7.67. The lowest BCUT2D eigenvalue weighted by Crippen LogP contribution is -2.31. The molecule has 4 aromatic rings. The van der Waals surface area contributed by atoms with Crippen LogP contribution in [0.25, 0.3) is 16.9 Å². The third-order valence-electron chi connectivity index (χ3n) is 6.47. The Kier molecular flexibility index (Phi) is 8.52. The van der Waals surface area contributed by atoms with Crippen LogP contribution in [-0.2, 0) is 4.79 Å². The van der Waals surface area contributed by atoms with Crippen molar-refractivity contribution in [1.82, 2.24) is 9.55 Å². The number of imidazole rings is 1. The van der Waals surface area contributed by atoms with Gasteiger partial charge in [0.05, 0.1) is 34.2 Å². The highest BCUT2D eigenvalue weighted by atomic mass is 35.5. The van der Waals surface area contributed by atoms with Gasteiger partial charge in [0.1, 0.15) is 5.75 Å². The van der Waals surface area contributed by atoms with Gasteiger partial charge in [0.2, 0.25) is 5.91 Å². The number of rotatable bonds is 6. The van der Waals surface area contributed by atoms with Crippen LogP contribution in [0.1, 0.15) is 30.9 Å². The molecular weight excluding hydrogens is 603 g/mol. The van der Waals surface area contributed by atoms with E-state index in [0.29, 0.717) is 28.3 Å². The molecule has 1 aromatic heterocycles. The van der Waals surface area contributed by atoms with E-state index in [1.54, 1.807) is 29.0 Å². The first-order valence-electron chi connectivity index (χ1n) is 13.0. The van der Waals surface area contributed by atoms with Crippen molar-refractivity contribution in [3.63, 3.8) is 0 Å². The summed E-state index contributed by atoms with van der Waals surface area (Å²) in [6.45, 7) is 6.02. The number of amidine groups is 1. The van der Waals surface area contributed by atoms with Gasteiger partial charge in [-0.3, -0.25) is 9.69 Å². The van der Waals surface area contributed by atoms with Gasteiger partial charge in [0.25, 0.3) is 0 Å². The van der Waals surface area contributed by atoms with E-state index in [9.17, 15) is 22.8 Å². The van der Waals surface area contributed by atoms with E-state index in [1.165, 1.54) is 47.3 Å².